The Morgan fingerprint density at radius 3 is 2.61 bits per heavy atom. The van der Waals surface area contributed by atoms with E-state index in [1.807, 2.05) is 0 Å². The molecule has 0 aliphatic heterocycles. The number of furan rings is 1. The van der Waals surface area contributed by atoms with Gasteiger partial charge in [-0.1, -0.05) is 12.1 Å². The molecule has 0 spiro atoms. The number of amides is 3. The largest absolute Gasteiger partial charge is 0.459 e. The monoisotopic (exact) mass is 319 g/mol. The van der Waals surface area contributed by atoms with Crippen LogP contribution in [-0.4, -0.2) is 25.0 Å². The van der Waals surface area contributed by atoms with Crippen molar-refractivity contribution in [3.8, 4) is 0 Å². The van der Waals surface area contributed by atoms with Gasteiger partial charge in [0.1, 0.15) is 5.82 Å². The third-order valence-electron chi connectivity index (χ3n) is 3.13. The standard InChI is InChI=1S/C16H18FN3O3/c1-11-4-5-12(9-13(11)17)10-20-16(22)19-7-6-18-15(21)14-3-2-8-23-14/h2-5,8-9H,6-7,10H2,1H3,(H,18,21)(H2,19,20,22). The van der Waals surface area contributed by atoms with Crippen molar-refractivity contribution in [2.45, 2.75) is 13.5 Å². The number of hydrogen-bond donors (Lipinski definition) is 3. The highest BCUT2D eigenvalue weighted by Crippen LogP contribution is 2.08. The van der Waals surface area contributed by atoms with Gasteiger partial charge >= 0.3 is 6.03 Å². The van der Waals surface area contributed by atoms with Gasteiger partial charge in [-0.3, -0.25) is 4.79 Å². The Kier molecular flexibility index (Phi) is 5.74. The molecule has 1 aromatic carbocycles. The smallest absolute Gasteiger partial charge is 0.315 e. The average Bonchev–Trinajstić information content (AvgIpc) is 3.07. The number of aryl methyl sites for hydroxylation is 1. The maximum Gasteiger partial charge on any atom is 0.315 e. The molecule has 0 radical (unpaired) electrons. The summed E-state index contributed by atoms with van der Waals surface area (Å²) in [6.45, 7) is 2.44. The molecule has 1 aromatic heterocycles. The molecule has 1 heterocycles. The molecule has 0 bridgehead atoms. The number of carbonyl (C=O) groups excluding carboxylic acids is 2. The highest BCUT2D eigenvalue weighted by Gasteiger charge is 2.07. The van der Waals surface area contributed by atoms with Crippen molar-refractivity contribution in [3.63, 3.8) is 0 Å². The summed E-state index contributed by atoms with van der Waals surface area (Å²) in [4.78, 5) is 23.1. The third kappa shape index (κ3) is 5.14. The van der Waals surface area contributed by atoms with Crippen molar-refractivity contribution in [1.29, 1.82) is 0 Å². The summed E-state index contributed by atoms with van der Waals surface area (Å²) >= 11 is 0. The number of halogens is 1. The van der Waals surface area contributed by atoms with Crippen LogP contribution in [0.15, 0.2) is 41.0 Å². The summed E-state index contributed by atoms with van der Waals surface area (Å²) in [5.41, 5.74) is 1.24. The van der Waals surface area contributed by atoms with Crippen LogP contribution in [0.2, 0.25) is 0 Å². The zero-order valence-corrected chi connectivity index (χ0v) is 12.7. The van der Waals surface area contributed by atoms with E-state index in [0.717, 1.165) is 0 Å². The first kappa shape index (κ1) is 16.5. The van der Waals surface area contributed by atoms with Crippen LogP contribution in [0.3, 0.4) is 0 Å². The molecule has 2 aromatic rings. The van der Waals surface area contributed by atoms with Gasteiger partial charge in [-0.15, -0.1) is 0 Å². The minimum Gasteiger partial charge on any atom is -0.459 e. The molecule has 0 saturated carbocycles. The fraction of sp³-hybridized carbons (Fsp3) is 0.250. The lowest BCUT2D eigenvalue weighted by atomic mass is 10.1. The van der Waals surface area contributed by atoms with E-state index < -0.39 is 6.03 Å². The first-order valence-corrected chi connectivity index (χ1v) is 7.14. The summed E-state index contributed by atoms with van der Waals surface area (Å²) in [5.74, 6) is -0.423. The molecule has 0 unspecified atom stereocenters. The molecule has 0 aliphatic rings. The summed E-state index contributed by atoms with van der Waals surface area (Å²) in [5, 5.41) is 7.81. The highest BCUT2D eigenvalue weighted by atomic mass is 19.1. The lowest BCUT2D eigenvalue weighted by Gasteiger charge is -2.09. The Balaban J connectivity index is 1.63. The van der Waals surface area contributed by atoms with Crippen molar-refractivity contribution in [1.82, 2.24) is 16.0 Å². The van der Waals surface area contributed by atoms with Gasteiger partial charge in [0.25, 0.3) is 5.91 Å². The Hall–Kier alpha value is -2.83. The molecule has 3 N–H and O–H groups in total. The lowest BCUT2D eigenvalue weighted by molar-refractivity contribution is 0.0926. The molecule has 0 fully saturated rings. The van der Waals surface area contributed by atoms with E-state index >= 15 is 0 Å². The zero-order valence-electron chi connectivity index (χ0n) is 12.7. The van der Waals surface area contributed by atoms with E-state index in [9.17, 15) is 14.0 Å². The van der Waals surface area contributed by atoms with Crippen LogP contribution in [-0.2, 0) is 6.54 Å². The minimum atomic E-state index is -0.391. The second kappa shape index (κ2) is 7.98. The second-order valence-electron chi connectivity index (χ2n) is 4.93. The topological polar surface area (TPSA) is 83.4 Å². The van der Waals surface area contributed by atoms with Gasteiger partial charge < -0.3 is 20.4 Å². The van der Waals surface area contributed by atoms with Crippen molar-refractivity contribution in [2.24, 2.45) is 0 Å². The zero-order chi connectivity index (χ0) is 16.7. The summed E-state index contributed by atoms with van der Waals surface area (Å²) in [6, 6.07) is 7.58. The predicted octanol–water partition coefficient (Wildman–Crippen LogP) is 1.96. The number of carbonyl (C=O) groups is 2. The van der Waals surface area contributed by atoms with E-state index in [1.54, 1.807) is 31.2 Å². The minimum absolute atomic E-state index is 0.218. The number of urea groups is 1. The molecule has 6 nitrogen and oxygen atoms in total. The summed E-state index contributed by atoms with van der Waals surface area (Å²) in [7, 11) is 0. The highest BCUT2D eigenvalue weighted by molar-refractivity contribution is 5.91. The van der Waals surface area contributed by atoms with E-state index in [2.05, 4.69) is 16.0 Å². The van der Waals surface area contributed by atoms with Crippen LogP contribution in [0, 0.1) is 12.7 Å². The summed E-state index contributed by atoms with van der Waals surface area (Å²) < 4.78 is 18.3. The van der Waals surface area contributed by atoms with E-state index in [-0.39, 0.29) is 37.1 Å². The first-order chi connectivity index (χ1) is 11.1. The Morgan fingerprint density at radius 2 is 1.91 bits per heavy atom. The molecule has 23 heavy (non-hydrogen) atoms. The van der Waals surface area contributed by atoms with Crippen LogP contribution < -0.4 is 16.0 Å². The SMILES string of the molecule is Cc1ccc(CNC(=O)NCCNC(=O)c2ccco2)cc1F. The van der Waals surface area contributed by atoms with Crippen molar-refractivity contribution < 1.29 is 18.4 Å². The van der Waals surface area contributed by atoms with Crippen LogP contribution in [0.1, 0.15) is 21.7 Å². The van der Waals surface area contributed by atoms with Gasteiger partial charge in [0.05, 0.1) is 6.26 Å². The van der Waals surface area contributed by atoms with Gasteiger partial charge in [-0.05, 0) is 36.2 Å². The van der Waals surface area contributed by atoms with Gasteiger partial charge in [0, 0.05) is 19.6 Å². The molecule has 2 rings (SSSR count). The van der Waals surface area contributed by atoms with Gasteiger partial charge in [0.2, 0.25) is 0 Å². The molecular weight excluding hydrogens is 301 g/mol. The molecule has 3 amide bonds. The molecule has 7 heteroatoms. The third-order valence-corrected chi connectivity index (χ3v) is 3.13. The van der Waals surface area contributed by atoms with Gasteiger partial charge in [-0.2, -0.15) is 0 Å². The van der Waals surface area contributed by atoms with Gasteiger partial charge in [-0.25, -0.2) is 9.18 Å². The fourth-order valence-electron chi connectivity index (χ4n) is 1.84. The number of rotatable bonds is 6. The number of nitrogens with one attached hydrogen (secondary N) is 3. The second-order valence-corrected chi connectivity index (χ2v) is 4.93. The Bertz CT molecular complexity index is 671. The van der Waals surface area contributed by atoms with Crippen LogP contribution >= 0.6 is 0 Å². The Morgan fingerprint density at radius 1 is 1.13 bits per heavy atom. The molecule has 122 valence electrons. The van der Waals surface area contributed by atoms with Crippen LogP contribution in [0.5, 0.6) is 0 Å². The maximum absolute atomic E-state index is 13.4. The van der Waals surface area contributed by atoms with Gasteiger partial charge in [0.15, 0.2) is 5.76 Å². The normalized spacial score (nSPS) is 10.2. The van der Waals surface area contributed by atoms with Crippen molar-refractivity contribution in [3.05, 3.63) is 59.3 Å². The molecule has 0 saturated heterocycles. The van der Waals surface area contributed by atoms with E-state index in [1.165, 1.54) is 12.3 Å². The van der Waals surface area contributed by atoms with Crippen molar-refractivity contribution in [2.75, 3.05) is 13.1 Å². The van der Waals surface area contributed by atoms with Crippen LogP contribution in [0.4, 0.5) is 9.18 Å². The Labute approximate surface area is 133 Å². The number of hydrogen-bond acceptors (Lipinski definition) is 3. The fourth-order valence-corrected chi connectivity index (χ4v) is 1.84. The number of benzene rings is 1. The van der Waals surface area contributed by atoms with E-state index in [0.29, 0.717) is 11.1 Å². The van der Waals surface area contributed by atoms with Crippen molar-refractivity contribution >= 4 is 11.9 Å². The molecule has 0 aliphatic carbocycles. The molecular formula is C16H18FN3O3. The average molecular weight is 319 g/mol. The molecule has 0 atom stereocenters. The summed E-state index contributed by atoms with van der Waals surface area (Å²) in [6.07, 6.45) is 1.41. The maximum atomic E-state index is 13.4. The quantitative estimate of drug-likeness (QED) is 0.712. The first-order valence-electron chi connectivity index (χ1n) is 7.14. The predicted molar refractivity (Wildman–Crippen MR) is 82.4 cm³/mol. The van der Waals surface area contributed by atoms with E-state index in [4.69, 9.17) is 4.42 Å². The van der Waals surface area contributed by atoms with Crippen LogP contribution in [0.25, 0.3) is 0 Å². The lowest BCUT2D eigenvalue weighted by Crippen LogP contribution is -2.40.